The first-order valence-electron chi connectivity index (χ1n) is 9.99. The van der Waals surface area contributed by atoms with E-state index in [4.69, 9.17) is 0 Å². The average molecular weight is 367 g/mol. The Labute approximate surface area is 158 Å². The molecule has 0 aromatic heterocycles. The van der Waals surface area contributed by atoms with Gasteiger partial charge in [-0.15, -0.1) is 0 Å². The van der Waals surface area contributed by atoms with Crippen molar-refractivity contribution in [1.29, 1.82) is 0 Å². The van der Waals surface area contributed by atoms with Gasteiger partial charge >= 0.3 is 0 Å². The number of benzene rings is 1. The van der Waals surface area contributed by atoms with Crippen LogP contribution in [0.2, 0.25) is 0 Å². The van der Waals surface area contributed by atoms with E-state index in [9.17, 15) is 14.4 Å². The number of rotatable bonds is 2. The maximum atomic E-state index is 13.5. The van der Waals surface area contributed by atoms with Crippen molar-refractivity contribution in [3.63, 3.8) is 0 Å². The number of nitrogens with zero attached hydrogens (tertiary/aromatic N) is 2. The highest BCUT2D eigenvalue weighted by Gasteiger charge is 2.74. The van der Waals surface area contributed by atoms with Crippen molar-refractivity contribution in [2.45, 2.75) is 57.7 Å². The van der Waals surface area contributed by atoms with E-state index < -0.39 is 17.4 Å². The molecule has 0 aliphatic carbocycles. The van der Waals surface area contributed by atoms with Gasteiger partial charge in [0.25, 0.3) is 0 Å². The number of nitrogens with one attached hydrogen (secondary N) is 1. The molecule has 3 saturated heterocycles. The van der Waals surface area contributed by atoms with Gasteiger partial charge in [0.1, 0.15) is 5.54 Å². The van der Waals surface area contributed by atoms with E-state index in [-0.39, 0.29) is 29.8 Å². The minimum atomic E-state index is -1.04. The Balaban J connectivity index is 1.74. The molecule has 5 rings (SSSR count). The zero-order chi connectivity index (χ0) is 19.1. The van der Waals surface area contributed by atoms with Crippen LogP contribution in [0.3, 0.4) is 0 Å². The van der Waals surface area contributed by atoms with Gasteiger partial charge in [-0.2, -0.15) is 0 Å². The number of amides is 3. The molecular formula is C21H25N3O3. The van der Waals surface area contributed by atoms with Gasteiger partial charge in [-0.3, -0.25) is 24.2 Å². The van der Waals surface area contributed by atoms with E-state index in [0.717, 1.165) is 42.6 Å². The van der Waals surface area contributed by atoms with E-state index in [1.165, 1.54) is 4.90 Å². The molecular weight excluding hydrogens is 342 g/mol. The fourth-order valence-electron chi connectivity index (χ4n) is 5.96. The molecule has 1 N–H and O–H groups in total. The summed E-state index contributed by atoms with van der Waals surface area (Å²) in [7, 11) is 0. The van der Waals surface area contributed by atoms with Crippen LogP contribution in [-0.4, -0.2) is 46.1 Å². The van der Waals surface area contributed by atoms with E-state index in [1.54, 1.807) is 0 Å². The maximum absolute atomic E-state index is 13.5. The fraction of sp³-hybridized carbons (Fsp3) is 0.571. The minimum Gasteiger partial charge on any atom is -0.324 e. The summed E-state index contributed by atoms with van der Waals surface area (Å²) < 4.78 is 0. The third-order valence-electron chi connectivity index (χ3n) is 7.21. The molecule has 1 spiro atoms. The molecule has 3 fully saturated rings. The Morgan fingerprint density at radius 3 is 2.78 bits per heavy atom. The van der Waals surface area contributed by atoms with Gasteiger partial charge < -0.3 is 5.32 Å². The average Bonchev–Trinajstić information content (AvgIpc) is 3.33. The summed E-state index contributed by atoms with van der Waals surface area (Å²) in [5.41, 5.74) is 1.67. The molecule has 6 heteroatoms. The molecule has 6 nitrogen and oxygen atoms in total. The SMILES string of the molecule is CC[C@@H](C)N1C(=O)[C@@H]2[C@H]3CCCN3[C@]3(C(=O)Nc4ccc(C)cc43)[C@@H]2C1=O. The minimum absolute atomic E-state index is 0.0299. The van der Waals surface area contributed by atoms with Crippen LogP contribution >= 0.6 is 0 Å². The van der Waals surface area contributed by atoms with E-state index in [1.807, 2.05) is 39.0 Å². The van der Waals surface area contributed by atoms with Crippen molar-refractivity contribution >= 4 is 23.4 Å². The molecule has 142 valence electrons. The normalized spacial score (nSPS) is 35.6. The Morgan fingerprint density at radius 2 is 2.04 bits per heavy atom. The number of imide groups is 1. The summed E-state index contributed by atoms with van der Waals surface area (Å²) in [4.78, 5) is 43.9. The second-order valence-electron chi connectivity index (χ2n) is 8.48. The quantitative estimate of drug-likeness (QED) is 0.812. The number of carbonyl (C=O) groups excluding carboxylic acids is 3. The van der Waals surface area contributed by atoms with Crippen LogP contribution in [0, 0.1) is 18.8 Å². The van der Waals surface area contributed by atoms with Crippen LogP contribution in [0.25, 0.3) is 0 Å². The Hall–Kier alpha value is -2.21. The third kappa shape index (κ3) is 1.82. The second-order valence-corrected chi connectivity index (χ2v) is 8.48. The number of anilines is 1. The summed E-state index contributed by atoms with van der Waals surface area (Å²) in [5.74, 6) is -1.42. The summed E-state index contributed by atoms with van der Waals surface area (Å²) in [6.07, 6.45) is 2.54. The number of hydrogen-bond donors (Lipinski definition) is 1. The zero-order valence-electron chi connectivity index (χ0n) is 16.0. The summed E-state index contributed by atoms with van der Waals surface area (Å²) in [5, 5.41) is 3.01. The molecule has 3 amide bonds. The van der Waals surface area contributed by atoms with Gasteiger partial charge in [0.15, 0.2) is 0 Å². The Kier molecular flexibility index (Phi) is 3.39. The number of fused-ring (bicyclic) bond motifs is 7. The van der Waals surface area contributed by atoms with Crippen molar-refractivity contribution < 1.29 is 14.4 Å². The molecule has 5 atom stereocenters. The molecule has 0 radical (unpaired) electrons. The van der Waals surface area contributed by atoms with Crippen LogP contribution in [0.4, 0.5) is 5.69 Å². The lowest BCUT2D eigenvalue weighted by Crippen LogP contribution is -2.54. The lowest BCUT2D eigenvalue weighted by Gasteiger charge is -2.37. The number of aryl methyl sites for hydroxylation is 1. The van der Waals surface area contributed by atoms with Gasteiger partial charge in [-0.25, -0.2) is 0 Å². The van der Waals surface area contributed by atoms with Crippen molar-refractivity contribution in [3.8, 4) is 0 Å². The zero-order valence-corrected chi connectivity index (χ0v) is 16.0. The number of likely N-dealkylation sites (tertiary alicyclic amines) is 1. The predicted octanol–water partition coefficient (Wildman–Crippen LogP) is 2.02. The largest absolute Gasteiger partial charge is 0.324 e. The van der Waals surface area contributed by atoms with Gasteiger partial charge in [0, 0.05) is 23.3 Å². The summed E-state index contributed by atoms with van der Waals surface area (Å²) in [6, 6.07) is 5.75. The van der Waals surface area contributed by atoms with E-state index in [0.29, 0.717) is 0 Å². The second kappa shape index (κ2) is 5.41. The van der Waals surface area contributed by atoms with Crippen molar-refractivity contribution in [2.24, 2.45) is 11.8 Å². The van der Waals surface area contributed by atoms with Crippen molar-refractivity contribution in [1.82, 2.24) is 9.80 Å². The van der Waals surface area contributed by atoms with E-state index >= 15 is 0 Å². The monoisotopic (exact) mass is 367 g/mol. The molecule has 0 saturated carbocycles. The fourth-order valence-corrected chi connectivity index (χ4v) is 5.96. The van der Waals surface area contributed by atoms with Crippen molar-refractivity contribution in [2.75, 3.05) is 11.9 Å². The molecule has 4 aliphatic rings. The van der Waals surface area contributed by atoms with Gasteiger partial charge in [0.2, 0.25) is 17.7 Å². The van der Waals surface area contributed by atoms with Gasteiger partial charge in [-0.05, 0) is 45.7 Å². The topological polar surface area (TPSA) is 69.7 Å². The summed E-state index contributed by atoms with van der Waals surface area (Å²) >= 11 is 0. The van der Waals surface area contributed by atoms with Crippen LogP contribution in [0.15, 0.2) is 18.2 Å². The van der Waals surface area contributed by atoms with Crippen LogP contribution in [0.5, 0.6) is 0 Å². The molecule has 1 aromatic carbocycles. The predicted molar refractivity (Wildman–Crippen MR) is 99.8 cm³/mol. The smallest absolute Gasteiger partial charge is 0.250 e. The molecule has 4 aliphatic heterocycles. The molecule has 27 heavy (non-hydrogen) atoms. The lowest BCUT2D eigenvalue weighted by atomic mass is 9.75. The standard InChI is InChI=1S/C21H25N3O3/c1-4-12(3)24-18(25)16-15-6-5-9-23(15)21(17(16)19(24)26)13-10-11(2)7-8-14(13)22-20(21)27/h7-8,10,12,15-17H,4-6,9H2,1-3H3,(H,22,27)/t12-,15-,16-,17+,21+/m1/s1. The molecule has 0 bridgehead atoms. The highest BCUT2D eigenvalue weighted by molar-refractivity contribution is 6.15. The van der Waals surface area contributed by atoms with Gasteiger partial charge in [0.05, 0.1) is 11.8 Å². The summed E-state index contributed by atoms with van der Waals surface area (Å²) in [6.45, 7) is 6.65. The van der Waals surface area contributed by atoms with Crippen molar-refractivity contribution in [3.05, 3.63) is 29.3 Å². The number of carbonyl (C=O) groups is 3. The highest BCUT2D eigenvalue weighted by Crippen LogP contribution is 2.60. The number of hydrogen-bond acceptors (Lipinski definition) is 4. The third-order valence-corrected chi connectivity index (χ3v) is 7.21. The Bertz CT molecular complexity index is 881. The van der Waals surface area contributed by atoms with Crippen LogP contribution in [-0.2, 0) is 19.9 Å². The van der Waals surface area contributed by atoms with Gasteiger partial charge in [-0.1, -0.05) is 24.6 Å². The van der Waals surface area contributed by atoms with Crippen LogP contribution in [0.1, 0.15) is 44.2 Å². The first-order valence-corrected chi connectivity index (χ1v) is 9.99. The molecule has 1 aromatic rings. The first-order chi connectivity index (χ1) is 12.9. The first kappa shape index (κ1) is 16.9. The van der Waals surface area contributed by atoms with Crippen LogP contribution < -0.4 is 5.32 Å². The molecule has 0 unspecified atom stereocenters. The maximum Gasteiger partial charge on any atom is 0.250 e. The molecule has 4 heterocycles. The Morgan fingerprint density at radius 1 is 1.26 bits per heavy atom. The highest BCUT2D eigenvalue weighted by atomic mass is 16.2. The van der Waals surface area contributed by atoms with E-state index in [2.05, 4.69) is 10.2 Å². The lowest BCUT2D eigenvalue weighted by molar-refractivity contribution is -0.147.